The molecule has 17 heavy (non-hydrogen) atoms. The van der Waals surface area contributed by atoms with E-state index in [0.29, 0.717) is 6.54 Å². The van der Waals surface area contributed by atoms with E-state index in [-0.39, 0.29) is 11.1 Å². The summed E-state index contributed by atoms with van der Waals surface area (Å²) < 4.78 is 0. The van der Waals surface area contributed by atoms with Crippen LogP contribution >= 0.6 is 0 Å². The Bertz CT molecular complexity index is 611. The molecule has 0 spiro atoms. The largest absolute Gasteiger partial charge is 0.322 e. The van der Waals surface area contributed by atoms with Crippen molar-refractivity contribution in [2.24, 2.45) is 0 Å². The van der Waals surface area contributed by atoms with E-state index in [0.717, 1.165) is 16.5 Å². The zero-order valence-corrected chi connectivity index (χ0v) is 9.92. The van der Waals surface area contributed by atoms with Gasteiger partial charge in [0.25, 0.3) is 5.56 Å². The Kier molecular flexibility index (Phi) is 2.30. The normalized spacial score (nSPS) is 17.2. The number of hydrogen-bond acceptors (Lipinski definition) is 2. The molecule has 0 atom stereocenters. The molecule has 0 unspecified atom stereocenters. The Morgan fingerprint density at radius 1 is 1.35 bits per heavy atom. The molecule has 0 bridgehead atoms. The van der Waals surface area contributed by atoms with Gasteiger partial charge in [0.1, 0.15) is 0 Å². The smallest absolute Gasteiger partial charge is 0.252 e. The topological polar surface area (TPSA) is 44.9 Å². The highest BCUT2D eigenvalue weighted by Crippen LogP contribution is 2.34. The summed E-state index contributed by atoms with van der Waals surface area (Å²) in [5.74, 6) is 0. The van der Waals surface area contributed by atoms with E-state index < -0.39 is 0 Å². The van der Waals surface area contributed by atoms with E-state index in [1.54, 1.807) is 0 Å². The molecule has 3 nitrogen and oxygen atoms in total. The number of rotatable bonds is 3. The van der Waals surface area contributed by atoms with Crippen molar-refractivity contribution in [1.29, 1.82) is 0 Å². The molecule has 1 heterocycles. The van der Waals surface area contributed by atoms with Crippen LogP contribution in [0, 0.1) is 0 Å². The number of aromatic nitrogens is 1. The van der Waals surface area contributed by atoms with Gasteiger partial charge < -0.3 is 10.3 Å². The Morgan fingerprint density at radius 3 is 2.88 bits per heavy atom. The van der Waals surface area contributed by atoms with Crippen molar-refractivity contribution in [3.8, 4) is 0 Å². The Balaban J connectivity index is 1.93. The minimum Gasteiger partial charge on any atom is -0.322 e. The second-order valence-corrected chi connectivity index (χ2v) is 5.13. The second kappa shape index (κ2) is 3.70. The van der Waals surface area contributed by atoms with Crippen molar-refractivity contribution in [1.82, 2.24) is 10.3 Å². The maximum absolute atomic E-state index is 11.9. The Labute approximate surface area is 99.9 Å². The number of aromatic amines is 1. The number of hydrogen-bond donors (Lipinski definition) is 2. The standard InChI is InChI=1S/C14H16N2O/c1-14(6-7-14)15-9-11-8-10-4-2-3-5-12(10)16-13(11)17/h2-5,8,15H,6-7,9H2,1H3,(H,16,17). The van der Waals surface area contributed by atoms with Gasteiger partial charge in [-0.3, -0.25) is 4.79 Å². The molecule has 88 valence electrons. The van der Waals surface area contributed by atoms with Crippen LogP contribution in [0.25, 0.3) is 10.9 Å². The molecule has 0 aliphatic heterocycles. The molecule has 3 heteroatoms. The van der Waals surface area contributed by atoms with Gasteiger partial charge in [-0.1, -0.05) is 18.2 Å². The first-order valence-electron chi connectivity index (χ1n) is 6.02. The highest BCUT2D eigenvalue weighted by molar-refractivity contribution is 5.78. The van der Waals surface area contributed by atoms with E-state index in [1.807, 2.05) is 30.3 Å². The Hall–Kier alpha value is -1.61. The molecule has 1 saturated carbocycles. The molecule has 3 rings (SSSR count). The van der Waals surface area contributed by atoms with Crippen LogP contribution in [-0.2, 0) is 6.54 Å². The monoisotopic (exact) mass is 228 g/mol. The SMILES string of the molecule is CC1(NCc2cc3ccccc3[nH]c2=O)CC1. The molecule has 0 amide bonds. The van der Waals surface area contributed by atoms with E-state index in [1.165, 1.54) is 12.8 Å². The van der Waals surface area contributed by atoms with Gasteiger partial charge in [0.05, 0.1) is 0 Å². The lowest BCUT2D eigenvalue weighted by Gasteiger charge is -2.11. The predicted octanol–water partition coefficient (Wildman–Crippen LogP) is 2.17. The molecule has 2 aromatic rings. The van der Waals surface area contributed by atoms with Gasteiger partial charge in [-0.25, -0.2) is 0 Å². The maximum atomic E-state index is 11.9. The summed E-state index contributed by atoms with van der Waals surface area (Å²) in [4.78, 5) is 14.8. The number of para-hydroxylation sites is 1. The molecule has 0 saturated heterocycles. The first-order valence-corrected chi connectivity index (χ1v) is 6.02. The van der Waals surface area contributed by atoms with Gasteiger partial charge in [0.15, 0.2) is 0 Å². The van der Waals surface area contributed by atoms with E-state index in [2.05, 4.69) is 17.2 Å². The van der Waals surface area contributed by atoms with Crippen LogP contribution in [0.4, 0.5) is 0 Å². The second-order valence-electron chi connectivity index (χ2n) is 5.13. The summed E-state index contributed by atoms with van der Waals surface area (Å²) in [6.45, 7) is 2.85. The van der Waals surface area contributed by atoms with Crippen LogP contribution in [0.1, 0.15) is 25.3 Å². The molecule has 2 N–H and O–H groups in total. The Morgan fingerprint density at radius 2 is 2.12 bits per heavy atom. The summed E-state index contributed by atoms with van der Waals surface area (Å²) in [5, 5.41) is 4.52. The average Bonchev–Trinajstić information content (AvgIpc) is 3.05. The fourth-order valence-electron chi connectivity index (χ4n) is 2.00. The minimum absolute atomic E-state index is 0.0143. The summed E-state index contributed by atoms with van der Waals surface area (Å²) >= 11 is 0. The van der Waals surface area contributed by atoms with Crippen LogP contribution in [0.3, 0.4) is 0 Å². The number of pyridine rings is 1. The summed E-state index contributed by atoms with van der Waals surface area (Å²) in [6.07, 6.45) is 2.41. The number of benzene rings is 1. The third kappa shape index (κ3) is 2.11. The number of fused-ring (bicyclic) bond motifs is 1. The highest BCUT2D eigenvalue weighted by atomic mass is 16.1. The van der Waals surface area contributed by atoms with Crippen molar-refractivity contribution in [2.45, 2.75) is 31.8 Å². The molecule has 0 radical (unpaired) electrons. The van der Waals surface area contributed by atoms with Crippen molar-refractivity contribution in [2.75, 3.05) is 0 Å². The first-order chi connectivity index (χ1) is 8.16. The first kappa shape index (κ1) is 10.5. The average molecular weight is 228 g/mol. The van der Waals surface area contributed by atoms with Crippen LogP contribution in [-0.4, -0.2) is 10.5 Å². The molecule has 1 aromatic heterocycles. The van der Waals surface area contributed by atoms with Gasteiger partial charge in [-0.2, -0.15) is 0 Å². The van der Waals surface area contributed by atoms with Crippen LogP contribution in [0.15, 0.2) is 35.1 Å². The van der Waals surface area contributed by atoms with Gasteiger partial charge in [0, 0.05) is 23.2 Å². The fourth-order valence-corrected chi connectivity index (χ4v) is 2.00. The molecular weight excluding hydrogens is 212 g/mol. The predicted molar refractivity (Wildman–Crippen MR) is 69.0 cm³/mol. The zero-order valence-electron chi connectivity index (χ0n) is 9.92. The van der Waals surface area contributed by atoms with E-state index in [9.17, 15) is 4.79 Å². The molecule has 1 aliphatic carbocycles. The third-order valence-electron chi connectivity index (χ3n) is 3.54. The maximum Gasteiger partial charge on any atom is 0.252 e. The summed E-state index contributed by atoms with van der Waals surface area (Å²) in [7, 11) is 0. The minimum atomic E-state index is 0.0143. The molecule has 1 aromatic carbocycles. The lowest BCUT2D eigenvalue weighted by molar-refractivity contribution is 0.536. The van der Waals surface area contributed by atoms with Crippen LogP contribution < -0.4 is 10.9 Å². The lowest BCUT2D eigenvalue weighted by Crippen LogP contribution is -2.30. The van der Waals surface area contributed by atoms with Crippen molar-refractivity contribution < 1.29 is 0 Å². The summed E-state index contributed by atoms with van der Waals surface area (Å²) in [6, 6.07) is 9.85. The third-order valence-corrected chi connectivity index (χ3v) is 3.54. The molecular formula is C14H16N2O. The number of H-pyrrole nitrogens is 1. The van der Waals surface area contributed by atoms with Gasteiger partial charge in [-0.05, 0) is 37.3 Å². The van der Waals surface area contributed by atoms with E-state index >= 15 is 0 Å². The molecule has 1 fully saturated rings. The summed E-state index contributed by atoms with van der Waals surface area (Å²) in [5.41, 5.74) is 1.99. The fraction of sp³-hybridized carbons (Fsp3) is 0.357. The zero-order chi connectivity index (χ0) is 11.9. The van der Waals surface area contributed by atoms with Gasteiger partial charge in [-0.15, -0.1) is 0 Å². The molecule has 1 aliphatic rings. The van der Waals surface area contributed by atoms with Crippen LogP contribution in [0.2, 0.25) is 0 Å². The van der Waals surface area contributed by atoms with Crippen LogP contribution in [0.5, 0.6) is 0 Å². The van der Waals surface area contributed by atoms with Crippen molar-refractivity contribution in [3.63, 3.8) is 0 Å². The van der Waals surface area contributed by atoms with Gasteiger partial charge >= 0.3 is 0 Å². The quantitative estimate of drug-likeness (QED) is 0.845. The number of nitrogens with one attached hydrogen (secondary N) is 2. The van der Waals surface area contributed by atoms with Crippen molar-refractivity contribution in [3.05, 3.63) is 46.2 Å². The van der Waals surface area contributed by atoms with E-state index in [4.69, 9.17) is 0 Å². The highest BCUT2D eigenvalue weighted by Gasteiger charge is 2.36. The lowest BCUT2D eigenvalue weighted by atomic mass is 10.1. The van der Waals surface area contributed by atoms with Gasteiger partial charge in [0.2, 0.25) is 0 Å². The van der Waals surface area contributed by atoms with Crippen molar-refractivity contribution >= 4 is 10.9 Å².